The number of hydrazone groups is 1. The van der Waals surface area contributed by atoms with Gasteiger partial charge in [-0.2, -0.15) is 10.1 Å². The van der Waals surface area contributed by atoms with Gasteiger partial charge < -0.3 is 4.57 Å². The van der Waals surface area contributed by atoms with Gasteiger partial charge in [-0.25, -0.2) is 5.43 Å². The molecule has 0 radical (unpaired) electrons. The molecule has 124 valence electrons. The van der Waals surface area contributed by atoms with Crippen molar-refractivity contribution in [3.05, 3.63) is 58.1 Å². The molecule has 0 amide bonds. The molecule has 2 heterocycles. The summed E-state index contributed by atoms with van der Waals surface area (Å²) in [5.41, 5.74) is 5.91. The highest BCUT2D eigenvalue weighted by Crippen LogP contribution is 2.25. The van der Waals surface area contributed by atoms with Crippen molar-refractivity contribution < 1.29 is 0 Å². The fourth-order valence-corrected chi connectivity index (χ4v) is 3.14. The minimum atomic E-state index is 0.290. The van der Waals surface area contributed by atoms with E-state index in [0.29, 0.717) is 15.6 Å². The molecular weight excluding hydrogens is 359 g/mol. The van der Waals surface area contributed by atoms with Crippen molar-refractivity contribution in [2.45, 2.75) is 0 Å². The third kappa shape index (κ3) is 2.79. The molecule has 0 fully saturated rings. The molecular formula is C17H12Cl2N6. The lowest BCUT2D eigenvalue weighted by Gasteiger charge is -2.01. The van der Waals surface area contributed by atoms with Gasteiger partial charge in [-0.15, -0.1) is 10.2 Å². The summed E-state index contributed by atoms with van der Waals surface area (Å²) < 4.78 is 1.97. The predicted molar refractivity (Wildman–Crippen MR) is 101 cm³/mol. The van der Waals surface area contributed by atoms with Crippen molar-refractivity contribution in [2.24, 2.45) is 12.1 Å². The molecule has 2 aromatic carbocycles. The largest absolute Gasteiger partial charge is 0.327 e. The van der Waals surface area contributed by atoms with E-state index in [1.807, 2.05) is 35.9 Å². The van der Waals surface area contributed by atoms with Gasteiger partial charge in [0.25, 0.3) is 5.95 Å². The molecule has 0 aliphatic heterocycles. The summed E-state index contributed by atoms with van der Waals surface area (Å²) in [5, 5.41) is 14.5. The van der Waals surface area contributed by atoms with Crippen LogP contribution in [0.3, 0.4) is 0 Å². The number of para-hydroxylation sites is 1. The highest BCUT2D eigenvalue weighted by molar-refractivity contribution is 6.38. The fraction of sp³-hybridized carbons (Fsp3) is 0.0588. The zero-order valence-corrected chi connectivity index (χ0v) is 14.6. The van der Waals surface area contributed by atoms with Crippen LogP contribution in [0.5, 0.6) is 0 Å². The van der Waals surface area contributed by atoms with Crippen molar-refractivity contribution in [1.29, 1.82) is 0 Å². The number of halogens is 2. The molecule has 8 heteroatoms. The lowest BCUT2D eigenvalue weighted by atomic mass is 10.2. The standard InChI is InChI=1S/C17H12Cl2N6/c1-25-14-8-3-2-5-10(14)15-16(25)21-17(24-22-15)23-20-9-11-12(18)6-4-7-13(11)19/h2-9H,1H3,(H,21,23,24)/b20-9+. The van der Waals surface area contributed by atoms with Crippen molar-refractivity contribution in [3.63, 3.8) is 0 Å². The monoisotopic (exact) mass is 370 g/mol. The van der Waals surface area contributed by atoms with Crippen LogP contribution in [0.1, 0.15) is 5.56 Å². The van der Waals surface area contributed by atoms with E-state index >= 15 is 0 Å². The van der Waals surface area contributed by atoms with Crippen LogP contribution in [-0.4, -0.2) is 26.0 Å². The third-order valence-corrected chi connectivity index (χ3v) is 4.52. The quantitative estimate of drug-likeness (QED) is 0.431. The Balaban J connectivity index is 1.67. The smallest absolute Gasteiger partial charge is 0.265 e. The Morgan fingerprint density at radius 1 is 1.04 bits per heavy atom. The van der Waals surface area contributed by atoms with Gasteiger partial charge in [0.2, 0.25) is 0 Å². The van der Waals surface area contributed by atoms with Crippen LogP contribution < -0.4 is 5.43 Å². The Labute approximate surface area is 153 Å². The molecule has 0 atom stereocenters. The maximum atomic E-state index is 6.10. The van der Waals surface area contributed by atoms with Gasteiger partial charge in [0.05, 0.1) is 21.8 Å². The summed E-state index contributed by atoms with van der Waals surface area (Å²) in [5.74, 6) is 0.290. The van der Waals surface area contributed by atoms with Crippen LogP contribution in [0.15, 0.2) is 47.6 Å². The van der Waals surface area contributed by atoms with Crippen molar-refractivity contribution in [3.8, 4) is 0 Å². The van der Waals surface area contributed by atoms with Gasteiger partial charge in [-0.3, -0.25) is 0 Å². The minimum Gasteiger partial charge on any atom is -0.327 e. The van der Waals surface area contributed by atoms with E-state index in [9.17, 15) is 0 Å². The SMILES string of the molecule is Cn1c2ccccc2c2nnc(N/N=C/c3c(Cl)cccc3Cl)nc21. The van der Waals surface area contributed by atoms with E-state index in [2.05, 4.69) is 25.7 Å². The number of hydrogen-bond acceptors (Lipinski definition) is 5. The van der Waals surface area contributed by atoms with Crippen LogP contribution in [-0.2, 0) is 7.05 Å². The average molecular weight is 371 g/mol. The van der Waals surface area contributed by atoms with Crippen LogP contribution in [0, 0.1) is 0 Å². The Morgan fingerprint density at radius 3 is 2.60 bits per heavy atom. The number of aryl methyl sites for hydroxylation is 1. The summed E-state index contributed by atoms with van der Waals surface area (Å²) in [6.45, 7) is 0. The molecule has 0 unspecified atom stereocenters. The number of anilines is 1. The van der Waals surface area contributed by atoms with Crippen LogP contribution in [0.25, 0.3) is 22.1 Å². The Morgan fingerprint density at radius 2 is 1.80 bits per heavy atom. The maximum Gasteiger partial charge on any atom is 0.265 e. The normalized spacial score (nSPS) is 11.6. The number of hydrogen-bond donors (Lipinski definition) is 1. The second-order valence-electron chi connectivity index (χ2n) is 5.39. The van der Waals surface area contributed by atoms with E-state index < -0.39 is 0 Å². The third-order valence-electron chi connectivity index (χ3n) is 3.86. The van der Waals surface area contributed by atoms with Gasteiger partial charge in [-0.05, 0) is 18.2 Å². The summed E-state index contributed by atoms with van der Waals surface area (Å²) in [6.07, 6.45) is 1.53. The molecule has 0 aliphatic carbocycles. The van der Waals surface area contributed by atoms with Crippen molar-refractivity contribution >= 4 is 57.4 Å². The predicted octanol–water partition coefficient (Wildman–Crippen LogP) is 4.27. The number of nitrogens with zero attached hydrogens (tertiary/aromatic N) is 5. The van der Waals surface area contributed by atoms with Gasteiger partial charge >= 0.3 is 0 Å². The molecule has 0 spiro atoms. The Kier molecular flexibility index (Phi) is 3.99. The fourth-order valence-electron chi connectivity index (χ4n) is 2.64. The lowest BCUT2D eigenvalue weighted by molar-refractivity contribution is 0.949. The molecule has 25 heavy (non-hydrogen) atoms. The van der Waals surface area contributed by atoms with Gasteiger partial charge in [0, 0.05) is 18.0 Å². The summed E-state index contributed by atoms with van der Waals surface area (Å²) >= 11 is 12.2. The number of aromatic nitrogens is 4. The summed E-state index contributed by atoms with van der Waals surface area (Å²) in [4.78, 5) is 4.49. The highest BCUT2D eigenvalue weighted by atomic mass is 35.5. The molecule has 0 aliphatic rings. The molecule has 0 saturated heterocycles. The first kappa shape index (κ1) is 15.8. The molecule has 4 aromatic rings. The van der Waals surface area contributed by atoms with Gasteiger partial charge in [-0.1, -0.05) is 47.5 Å². The number of rotatable bonds is 3. The van der Waals surface area contributed by atoms with Crippen LogP contribution in [0.2, 0.25) is 10.0 Å². The molecule has 2 aromatic heterocycles. The molecule has 6 nitrogen and oxygen atoms in total. The second-order valence-corrected chi connectivity index (χ2v) is 6.20. The summed E-state index contributed by atoms with van der Waals surface area (Å²) in [7, 11) is 1.94. The maximum absolute atomic E-state index is 6.10. The van der Waals surface area contributed by atoms with Gasteiger partial charge in [0.1, 0.15) is 5.52 Å². The van der Waals surface area contributed by atoms with E-state index in [1.165, 1.54) is 6.21 Å². The first-order valence-electron chi connectivity index (χ1n) is 7.46. The molecule has 0 bridgehead atoms. The first-order valence-corrected chi connectivity index (χ1v) is 8.21. The first-order chi connectivity index (χ1) is 12.1. The molecule has 1 N–H and O–H groups in total. The summed E-state index contributed by atoms with van der Waals surface area (Å²) in [6, 6.07) is 13.2. The molecule has 4 rings (SSSR count). The van der Waals surface area contributed by atoms with Crippen LogP contribution in [0.4, 0.5) is 5.95 Å². The second kappa shape index (κ2) is 6.31. The Hall–Kier alpha value is -2.70. The van der Waals surface area contributed by atoms with Crippen molar-refractivity contribution in [2.75, 3.05) is 5.43 Å². The number of benzene rings is 2. The average Bonchev–Trinajstić information content (AvgIpc) is 2.90. The minimum absolute atomic E-state index is 0.290. The molecule has 0 saturated carbocycles. The highest BCUT2D eigenvalue weighted by Gasteiger charge is 2.11. The van der Waals surface area contributed by atoms with E-state index in [4.69, 9.17) is 23.2 Å². The number of fused-ring (bicyclic) bond motifs is 3. The topological polar surface area (TPSA) is 68.0 Å². The number of nitrogens with one attached hydrogen (secondary N) is 1. The van der Waals surface area contributed by atoms with Crippen molar-refractivity contribution in [1.82, 2.24) is 19.7 Å². The zero-order valence-electron chi connectivity index (χ0n) is 13.1. The van der Waals surface area contributed by atoms with E-state index in [-0.39, 0.29) is 5.95 Å². The zero-order chi connectivity index (χ0) is 17.4. The van der Waals surface area contributed by atoms with E-state index in [1.54, 1.807) is 18.2 Å². The van der Waals surface area contributed by atoms with Crippen LogP contribution >= 0.6 is 23.2 Å². The lowest BCUT2D eigenvalue weighted by Crippen LogP contribution is -2.01. The van der Waals surface area contributed by atoms with E-state index in [0.717, 1.165) is 22.1 Å². The Bertz CT molecular complexity index is 1100. The van der Waals surface area contributed by atoms with Gasteiger partial charge in [0.15, 0.2) is 5.65 Å².